The minimum atomic E-state index is -4.42. The Kier molecular flexibility index (Phi) is 6.56. The largest absolute Gasteiger partial charge is 0.416 e. The van der Waals surface area contributed by atoms with Crippen LogP contribution in [0, 0.1) is 0 Å². The molecule has 0 saturated carbocycles. The van der Waals surface area contributed by atoms with Crippen molar-refractivity contribution in [2.45, 2.75) is 39.0 Å². The van der Waals surface area contributed by atoms with Gasteiger partial charge in [0.05, 0.1) is 11.6 Å². The molecule has 23 heavy (non-hydrogen) atoms. The highest BCUT2D eigenvalue weighted by atomic mass is 19.4. The third-order valence-corrected chi connectivity index (χ3v) is 3.18. The van der Waals surface area contributed by atoms with Gasteiger partial charge in [0.2, 0.25) is 5.91 Å². The second-order valence-corrected chi connectivity index (χ2v) is 5.08. The van der Waals surface area contributed by atoms with Crippen LogP contribution in [0.15, 0.2) is 24.3 Å². The van der Waals surface area contributed by atoms with Crippen molar-refractivity contribution in [1.82, 2.24) is 16.0 Å². The summed E-state index contributed by atoms with van der Waals surface area (Å²) in [6, 6.07) is 3.03. The molecule has 1 aromatic carbocycles. The van der Waals surface area contributed by atoms with Crippen LogP contribution in [0.5, 0.6) is 0 Å². The van der Waals surface area contributed by atoms with E-state index in [0.717, 1.165) is 12.1 Å². The molecule has 0 unspecified atom stereocenters. The van der Waals surface area contributed by atoms with Crippen LogP contribution in [0.3, 0.4) is 0 Å². The molecule has 5 nitrogen and oxygen atoms in total. The number of carbonyl (C=O) groups excluding carboxylic acids is 2. The maximum absolute atomic E-state index is 12.7. The van der Waals surface area contributed by atoms with E-state index in [2.05, 4.69) is 16.0 Å². The highest BCUT2D eigenvalue weighted by molar-refractivity contribution is 5.96. The lowest BCUT2D eigenvalue weighted by atomic mass is 10.0. The number of urea groups is 1. The average molecular weight is 331 g/mol. The van der Waals surface area contributed by atoms with Gasteiger partial charge in [-0.25, -0.2) is 4.79 Å². The fourth-order valence-electron chi connectivity index (χ4n) is 1.96. The molecule has 0 aliphatic carbocycles. The van der Waals surface area contributed by atoms with E-state index in [9.17, 15) is 22.8 Å². The fraction of sp³-hybridized carbons (Fsp3) is 0.467. The van der Waals surface area contributed by atoms with Crippen molar-refractivity contribution in [3.8, 4) is 0 Å². The number of hydrogen-bond acceptors (Lipinski definition) is 3. The van der Waals surface area contributed by atoms with Crippen molar-refractivity contribution < 1.29 is 22.8 Å². The molecule has 8 heteroatoms. The number of rotatable bonds is 5. The summed E-state index contributed by atoms with van der Waals surface area (Å²) >= 11 is 0. The predicted molar refractivity (Wildman–Crippen MR) is 79.7 cm³/mol. The predicted octanol–water partition coefficient (Wildman–Crippen LogP) is 2.59. The van der Waals surface area contributed by atoms with Crippen molar-refractivity contribution in [2.24, 2.45) is 0 Å². The number of amides is 3. The summed E-state index contributed by atoms with van der Waals surface area (Å²) in [7, 11) is 0. The number of alkyl halides is 3. The number of halogens is 3. The number of benzene rings is 1. The van der Waals surface area contributed by atoms with Crippen LogP contribution in [0.1, 0.15) is 37.9 Å². The Bertz CT molecular complexity index is 561. The Hall–Kier alpha value is -2.09. The van der Waals surface area contributed by atoms with Crippen LogP contribution in [-0.2, 0) is 11.0 Å². The first-order valence-electron chi connectivity index (χ1n) is 7.17. The number of imide groups is 1. The van der Waals surface area contributed by atoms with E-state index < -0.39 is 35.8 Å². The highest BCUT2D eigenvalue weighted by Crippen LogP contribution is 2.30. The van der Waals surface area contributed by atoms with Crippen molar-refractivity contribution in [2.75, 3.05) is 6.54 Å². The molecule has 0 aromatic heterocycles. The zero-order valence-electron chi connectivity index (χ0n) is 13.1. The van der Waals surface area contributed by atoms with Crippen molar-refractivity contribution >= 4 is 11.9 Å². The Morgan fingerprint density at radius 3 is 2.43 bits per heavy atom. The Morgan fingerprint density at radius 2 is 1.87 bits per heavy atom. The standard InChI is InChI=1S/C15H20F3N3O2/c1-4-19-14(23)21-13(22)10(3)20-9(2)11-6-5-7-12(8-11)15(16,17)18/h5-10,20H,4H2,1-3H3,(H2,19,21,22,23)/t9-,10+/m1/s1. The van der Waals surface area contributed by atoms with Gasteiger partial charge in [0.25, 0.3) is 0 Å². The summed E-state index contributed by atoms with van der Waals surface area (Å²) in [4.78, 5) is 23.1. The van der Waals surface area contributed by atoms with E-state index in [-0.39, 0.29) is 0 Å². The van der Waals surface area contributed by atoms with Gasteiger partial charge in [-0.1, -0.05) is 12.1 Å². The second kappa shape index (κ2) is 7.96. The summed E-state index contributed by atoms with van der Waals surface area (Å²) < 4.78 is 38.1. The Labute approximate surface area is 132 Å². The fourth-order valence-corrected chi connectivity index (χ4v) is 1.96. The molecular formula is C15H20F3N3O2. The molecule has 2 atom stereocenters. The molecule has 128 valence electrons. The maximum Gasteiger partial charge on any atom is 0.416 e. The summed E-state index contributed by atoms with van der Waals surface area (Å²) in [5.74, 6) is -0.560. The van der Waals surface area contributed by atoms with Crippen LogP contribution in [-0.4, -0.2) is 24.5 Å². The van der Waals surface area contributed by atoms with E-state index in [1.54, 1.807) is 19.9 Å². The van der Waals surface area contributed by atoms with Crippen LogP contribution >= 0.6 is 0 Å². The maximum atomic E-state index is 12.7. The Morgan fingerprint density at radius 1 is 1.22 bits per heavy atom. The van der Waals surface area contributed by atoms with Gasteiger partial charge in [-0.2, -0.15) is 13.2 Å². The van der Waals surface area contributed by atoms with Crippen LogP contribution in [0.4, 0.5) is 18.0 Å². The van der Waals surface area contributed by atoms with Crippen LogP contribution < -0.4 is 16.0 Å². The van der Waals surface area contributed by atoms with E-state index in [1.807, 2.05) is 0 Å². The van der Waals surface area contributed by atoms with Gasteiger partial charge >= 0.3 is 12.2 Å². The third kappa shape index (κ3) is 5.90. The lowest BCUT2D eigenvalue weighted by molar-refractivity contribution is -0.137. The molecule has 1 rings (SSSR count). The third-order valence-electron chi connectivity index (χ3n) is 3.18. The first-order chi connectivity index (χ1) is 10.6. The first-order valence-corrected chi connectivity index (χ1v) is 7.17. The molecule has 0 aliphatic rings. The average Bonchev–Trinajstić information content (AvgIpc) is 2.46. The molecule has 1 aromatic rings. The zero-order valence-corrected chi connectivity index (χ0v) is 13.1. The summed E-state index contributed by atoms with van der Waals surface area (Å²) in [5.41, 5.74) is -0.347. The van der Waals surface area contributed by atoms with Crippen molar-refractivity contribution in [3.05, 3.63) is 35.4 Å². The summed E-state index contributed by atoms with van der Waals surface area (Å²) in [5, 5.41) is 7.42. The van der Waals surface area contributed by atoms with Crippen molar-refractivity contribution in [1.29, 1.82) is 0 Å². The SMILES string of the molecule is CCNC(=O)NC(=O)[C@H](C)N[C@H](C)c1cccc(C(F)(F)F)c1. The van der Waals surface area contributed by atoms with E-state index in [0.29, 0.717) is 12.1 Å². The van der Waals surface area contributed by atoms with Crippen LogP contribution in [0.2, 0.25) is 0 Å². The van der Waals surface area contributed by atoms with Gasteiger partial charge in [-0.3, -0.25) is 15.4 Å². The Balaban J connectivity index is 2.70. The lowest BCUT2D eigenvalue weighted by Crippen LogP contribution is -2.48. The minimum absolute atomic E-state index is 0.377. The summed E-state index contributed by atoms with van der Waals surface area (Å²) in [6.07, 6.45) is -4.42. The molecule has 0 saturated heterocycles. The molecule has 0 aliphatic heterocycles. The molecule has 3 N–H and O–H groups in total. The van der Waals surface area contributed by atoms with Crippen LogP contribution in [0.25, 0.3) is 0 Å². The minimum Gasteiger partial charge on any atom is -0.338 e. The number of hydrogen-bond donors (Lipinski definition) is 3. The molecule has 0 heterocycles. The zero-order chi connectivity index (χ0) is 17.6. The molecule has 0 radical (unpaired) electrons. The molecular weight excluding hydrogens is 311 g/mol. The first kappa shape index (κ1) is 19.0. The van der Waals surface area contributed by atoms with E-state index in [4.69, 9.17) is 0 Å². The molecule has 3 amide bonds. The molecule has 0 spiro atoms. The number of carbonyl (C=O) groups is 2. The van der Waals surface area contributed by atoms with E-state index in [1.165, 1.54) is 13.0 Å². The van der Waals surface area contributed by atoms with E-state index >= 15 is 0 Å². The van der Waals surface area contributed by atoms with Gasteiger partial charge in [0.1, 0.15) is 0 Å². The quantitative estimate of drug-likeness (QED) is 0.777. The molecule has 0 bridgehead atoms. The normalized spacial score (nSPS) is 14.0. The smallest absolute Gasteiger partial charge is 0.338 e. The monoisotopic (exact) mass is 331 g/mol. The summed E-state index contributed by atoms with van der Waals surface area (Å²) in [6.45, 7) is 5.26. The molecule has 0 fully saturated rings. The highest BCUT2D eigenvalue weighted by Gasteiger charge is 2.30. The lowest BCUT2D eigenvalue weighted by Gasteiger charge is -2.20. The van der Waals surface area contributed by atoms with Gasteiger partial charge in [0, 0.05) is 12.6 Å². The topological polar surface area (TPSA) is 70.2 Å². The van der Waals surface area contributed by atoms with Gasteiger partial charge in [0.15, 0.2) is 0 Å². The second-order valence-electron chi connectivity index (χ2n) is 5.08. The number of nitrogens with one attached hydrogen (secondary N) is 3. The van der Waals surface area contributed by atoms with Gasteiger partial charge < -0.3 is 5.32 Å². The van der Waals surface area contributed by atoms with Crippen molar-refractivity contribution in [3.63, 3.8) is 0 Å². The van der Waals surface area contributed by atoms with Gasteiger partial charge in [-0.05, 0) is 38.5 Å². The van der Waals surface area contributed by atoms with Gasteiger partial charge in [-0.15, -0.1) is 0 Å².